The molecular weight excluding hydrogens is 236 g/mol. The molecule has 3 nitrogen and oxygen atoms in total. The summed E-state index contributed by atoms with van der Waals surface area (Å²) in [4.78, 5) is 2.54. The highest BCUT2D eigenvalue weighted by atomic mass is 16.3. The largest absolute Gasteiger partial charge is 0.465 e. The van der Waals surface area contributed by atoms with Crippen molar-refractivity contribution in [2.24, 2.45) is 11.8 Å². The summed E-state index contributed by atoms with van der Waals surface area (Å²) in [6.45, 7) is 15.3. The molecule has 0 aliphatic rings. The van der Waals surface area contributed by atoms with Gasteiger partial charge in [0, 0.05) is 25.2 Å². The average molecular weight is 266 g/mol. The molecule has 0 aromatic carbocycles. The van der Waals surface area contributed by atoms with Gasteiger partial charge in [-0.3, -0.25) is 4.90 Å². The van der Waals surface area contributed by atoms with Gasteiger partial charge in [0.2, 0.25) is 0 Å². The molecule has 3 heteroatoms. The summed E-state index contributed by atoms with van der Waals surface area (Å²) in [5, 5.41) is 3.13. The van der Waals surface area contributed by atoms with E-state index in [0.29, 0.717) is 11.8 Å². The minimum Gasteiger partial charge on any atom is -0.465 e. The zero-order valence-electron chi connectivity index (χ0n) is 13.4. The van der Waals surface area contributed by atoms with Gasteiger partial charge in [0.05, 0.1) is 6.54 Å². The van der Waals surface area contributed by atoms with Crippen LogP contribution in [-0.2, 0) is 13.1 Å². The third-order valence-electron chi connectivity index (χ3n) is 3.06. The van der Waals surface area contributed by atoms with Gasteiger partial charge in [-0.15, -0.1) is 0 Å². The van der Waals surface area contributed by atoms with E-state index in [4.69, 9.17) is 4.42 Å². The Labute approximate surface area is 118 Å². The molecular formula is C16H30N2O. The highest BCUT2D eigenvalue weighted by molar-refractivity contribution is 5.20. The molecule has 0 unspecified atom stereocenters. The van der Waals surface area contributed by atoms with E-state index in [0.717, 1.165) is 37.7 Å². The van der Waals surface area contributed by atoms with E-state index < -0.39 is 0 Å². The molecule has 1 aromatic heterocycles. The molecule has 0 saturated carbocycles. The standard InChI is InChI=1S/C16H30N2O/c1-12(2)9-18(10-13(3)4)11-15-7-16(8-17-6)19-14(15)5/h7,12-13,17H,8-11H2,1-6H3. The first-order chi connectivity index (χ1) is 8.92. The van der Waals surface area contributed by atoms with Crippen LogP contribution in [0.3, 0.4) is 0 Å². The second-order valence-corrected chi connectivity index (χ2v) is 6.31. The summed E-state index contributed by atoms with van der Waals surface area (Å²) in [5.41, 5.74) is 1.33. The summed E-state index contributed by atoms with van der Waals surface area (Å²) in [7, 11) is 1.95. The van der Waals surface area contributed by atoms with Gasteiger partial charge < -0.3 is 9.73 Å². The number of furan rings is 1. The van der Waals surface area contributed by atoms with E-state index in [2.05, 4.69) is 50.9 Å². The molecule has 0 aliphatic carbocycles. The van der Waals surface area contributed by atoms with Gasteiger partial charge in [0.1, 0.15) is 11.5 Å². The maximum absolute atomic E-state index is 5.78. The highest BCUT2D eigenvalue weighted by Gasteiger charge is 2.14. The maximum Gasteiger partial charge on any atom is 0.118 e. The monoisotopic (exact) mass is 266 g/mol. The molecule has 19 heavy (non-hydrogen) atoms. The first kappa shape index (κ1) is 16.3. The predicted octanol–water partition coefficient (Wildman–Crippen LogP) is 3.42. The first-order valence-electron chi connectivity index (χ1n) is 7.37. The van der Waals surface area contributed by atoms with E-state index >= 15 is 0 Å². The molecule has 110 valence electrons. The summed E-state index contributed by atoms with van der Waals surface area (Å²) in [6, 6.07) is 2.19. The van der Waals surface area contributed by atoms with E-state index in [1.165, 1.54) is 5.56 Å². The molecule has 0 bridgehead atoms. The first-order valence-corrected chi connectivity index (χ1v) is 7.37. The van der Waals surface area contributed by atoms with Crippen LogP contribution >= 0.6 is 0 Å². The molecule has 1 rings (SSSR count). The maximum atomic E-state index is 5.78. The van der Waals surface area contributed by atoms with Crippen LogP contribution in [-0.4, -0.2) is 25.0 Å². The van der Waals surface area contributed by atoms with Gasteiger partial charge in [-0.1, -0.05) is 27.7 Å². The number of nitrogens with zero attached hydrogens (tertiary/aromatic N) is 1. The number of aryl methyl sites for hydroxylation is 1. The van der Waals surface area contributed by atoms with Crippen molar-refractivity contribution < 1.29 is 4.42 Å². The fourth-order valence-electron chi connectivity index (χ4n) is 2.48. The average Bonchev–Trinajstić information content (AvgIpc) is 2.57. The van der Waals surface area contributed by atoms with E-state index in [9.17, 15) is 0 Å². The number of hydrogen-bond acceptors (Lipinski definition) is 3. The molecule has 0 saturated heterocycles. The Bertz CT molecular complexity index is 359. The number of rotatable bonds is 8. The SMILES string of the molecule is CNCc1cc(CN(CC(C)C)CC(C)C)c(C)o1. The van der Waals surface area contributed by atoms with E-state index in [-0.39, 0.29) is 0 Å². The van der Waals surface area contributed by atoms with Crippen LogP contribution in [0.25, 0.3) is 0 Å². The molecule has 0 amide bonds. The second kappa shape index (κ2) is 7.71. The summed E-state index contributed by atoms with van der Waals surface area (Å²) in [6.07, 6.45) is 0. The fourth-order valence-corrected chi connectivity index (χ4v) is 2.48. The summed E-state index contributed by atoms with van der Waals surface area (Å²) in [5.74, 6) is 3.48. The molecule has 1 heterocycles. The Morgan fingerprint density at radius 2 is 1.74 bits per heavy atom. The Morgan fingerprint density at radius 3 is 2.21 bits per heavy atom. The van der Waals surface area contributed by atoms with Crippen molar-refractivity contribution in [2.45, 2.75) is 47.7 Å². The Kier molecular flexibility index (Phi) is 6.59. The van der Waals surface area contributed by atoms with Crippen molar-refractivity contribution in [3.63, 3.8) is 0 Å². The van der Waals surface area contributed by atoms with Gasteiger partial charge in [0.15, 0.2) is 0 Å². The summed E-state index contributed by atoms with van der Waals surface area (Å²) >= 11 is 0. The Balaban J connectivity index is 2.71. The van der Waals surface area contributed by atoms with Gasteiger partial charge in [-0.25, -0.2) is 0 Å². The Morgan fingerprint density at radius 1 is 1.16 bits per heavy atom. The van der Waals surface area contributed by atoms with Crippen molar-refractivity contribution in [2.75, 3.05) is 20.1 Å². The van der Waals surface area contributed by atoms with E-state index in [1.807, 2.05) is 7.05 Å². The van der Waals surface area contributed by atoms with Gasteiger partial charge >= 0.3 is 0 Å². The molecule has 0 aliphatic heterocycles. The summed E-state index contributed by atoms with van der Waals surface area (Å²) < 4.78 is 5.78. The highest BCUT2D eigenvalue weighted by Crippen LogP contribution is 2.18. The lowest BCUT2D eigenvalue weighted by molar-refractivity contribution is 0.210. The molecule has 1 aromatic rings. The predicted molar refractivity (Wildman–Crippen MR) is 81.2 cm³/mol. The number of nitrogens with one attached hydrogen (secondary N) is 1. The van der Waals surface area contributed by atoms with Crippen LogP contribution in [0.15, 0.2) is 10.5 Å². The zero-order valence-corrected chi connectivity index (χ0v) is 13.4. The third-order valence-corrected chi connectivity index (χ3v) is 3.06. The quantitative estimate of drug-likeness (QED) is 0.781. The molecule has 1 N–H and O–H groups in total. The molecule has 0 atom stereocenters. The smallest absolute Gasteiger partial charge is 0.118 e. The Hall–Kier alpha value is -0.800. The van der Waals surface area contributed by atoms with Crippen molar-refractivity contribution in [1.82, 2.24) is 10.2 Å². The molecule has 0 fully saturated rings. The van der Waals surface area contributed by atoms with Crippen LogP contribution in [0.1, 0.15) is 44.8 Å². The lowest BCUT2D eigenvalue weighted by atomic mass is 10.1. The van der Waals surface area contributed by atoms with Crippen LogP contribution in [0.2, 0.25) is 0 Å². The van der Waals surface area contributed by atoms with Crippen LogP contribution in [0.4, 0.5) is 0 Å². The fraction of sp³-hybridized carbons (Fsp3) is 0.750. The van der Waals surface area contributed by atoms with Crippen LogP contribution < -0.4 is 5.32 Å². The minimum absolute atomic E-state index is 0.697. The normalized spacial score (nSPS) is 12.1. The van der Waals surface area contributed by atoms with Gasteiger partial charge in [-0.05, 0) is 31.9 Å². The lowest BCUT2D eigenvalue weighted by Crippen LogP contribution is -2.31. The lowest BCUT2D eigenvalue weighted by Gasteiger charge is -2.25. The molecule has 0 radical (unpaired) electrons. The topological polar surface area (TPSA) is 28.4 Å². The zero-order chi connectivity index (χ0) is 14.4. The van der Waals surface area contributed by atoms with Crippen LogP contribution in [0, 0.1) is 18.8 Å². The van der Waals surface area contributed by atoms with Gasteiger partial charge in [0.25, 0.3) is 0 Å². The van der Waals surface area contributed by atoms with Crippen molar-refractivity contribution in [1.29, 1.82) is 0 Å². The van der Waals surface area contributed by atoms with Crippen molar-refractivity contribution in [3.8, 4) is 0 Å². The molecule has 0 spiro atoms. The van der Waals surface area contributed by atoms with Crippen LogP contribution in [0.5, 0.6) is 0 Å². The second-order valence-electron chi connectivity index (χ2n) is 6.31. The number of hydrogen-bond donors (Lipinski definition) is 1. The van der Waals surface area contributed by atoms with Gasteiger partial charge in [-0.2, -0.15) is 0 Å². The van der Waals surface area contributed by atoms with Crippen molar-refractivity contribution in [3.05, 3.63) is 23.2 Å². The van der Waals surface area contributed by atoms with E-state index in [1.54, 1.807) is 0 Å². The minimum atomic E-state index is 0.697. The third kappa shape index (κ3) is 5.79. The van der Waals surface area contributed by atoms with Crippen molar-refractivity contribution >= 4 is 0 Å².